The Balaban J connectivity index is 2.57. The smallest absolute Gasteiger partial charge is 0.206 e. The van der Waals surface area contributed by atoms with Gasteiger partial charge in [0.25, 0.3) is 5.92 Å². The van der Waals surface area contributed by atoms with Crippen molar-refractivity contribution in [2.45, 2.75) is 38.5 Å². The van der Waals surface area contributed by atoms with Gasteiger partial charge in [-0.15, -0.1) is 0 Å². The average molecular weight is 214 g/mol. The summed E-state index contributed by atoms with van der Waals surface area (Å²) in [4.78, 5) is 0. The number of hydrogen-bond donors (Lipinski definition) is 0. The molecule has 0 saturated carbocycles. The number of rotatable bonds is 1. The largest absolute Gasteiger partial charge is 0.273 e. The number of benzene rings is 1. The minimum atomic E-state index is -2.84. The fourth-order valence-corrected chi connectivity index (χ4v) is 2.09. The molecule has 0 heterocycles. The zero-order valence-electron chi connectivity index (χ0n) is 8.78. The molecule has 15 heavy (non-hydrogen) atoms. The van der Waals surface area contributed by atoms with Crippen LogP contribution < -0.4 is 0 Å². The highest BCUT2D eigenvalue weighted by Crippen LogP contribution is 2.43. The molecule has 0 aromatic heterocycles. The second-order valence-corrected chi connectivity index (χ2v) is 4.35. The third kappa shape index (κ3) is 1.54. The Morgan fingerprint density at radius 2 is 1.93 bits per heavy atom. The van der Waals surface area contributed by atoms with Crippen LogP contribution in [0.4, 0.5) is 13.2 Å². The highest BCUT2D eigenvalue weighted by Gasteiger charge is 2.40. The molecule has 0 radical (unpaired) electrons. The normalized spacial score (nSPS) is 18.3. The topological polar surface area (TPSA) is 0 Å². The summed E-state index contributed by atoms with van der Waals surface area (Å²) in [6.07, 6.45) is -0.116. The van der Waals surface area contributed by atoms with E-state index >= 15 is 0 Å². The van der Waals surface area contributed by atoms with Crippen LogP contribution in [0, 0.1) is 5.82 Å². The molecule has 0 N–H and O–H groups in total. The molecule has 1 aromatic rings. The number of alkyl halides is 2. The van der Waals surface area contributed by atoms with Gasteiger partial charge >= 0.3 is 0 Å². The van der Waals surface area contributed by atoms with Crippen molar-refractivity contribution < 1.29 is 13.2 Å². The summed E-state index contributed by atoms with van der Waals surface area (Å²) in [5.74, 6) is -3.24. The first-order valence-electron chi connectivity index (χ1n) is 5.13. The molecular weight excluding hydrogens is 201 g/mol. The first-order valence-corrected chi connectivity index (χ1v) is 5.13. The van der Waals surface area contributed by atoms with Crippen LogP contribution in [-0.2, 0) is 12.3 Å². The van der Waals surface area contributed by atoms with Gasteiger partial charge in [-0.3, -0.25) is 0 Å². The standard InChI is InChI=1S/C12H13F3/c1-7(2)8-3-4-10-9(11(8)13)5-6-12(10,14)15/h3-4,7H,5-6H2,1-2H3. The van der Waals surface area contributed by atoms with Gasteiger partial charge in [-0.2, -0.15) is 0 Å². The van der Waals surface area contributed by atoms with Crippen LogP contribution in [0.15, 0.2) is 12.1 Å². The third-order valence-electron chi connectivity index (χ3n) is 2.98. The van der Waals surface area contributed by atoms with E-state index < -0.39 is 11.7 Å². The Labute approximate surface area is 87.1 Å². The second-order valence-electron chi connectivity index (χ2n) is 4.35. The van der Waals surface area contributed by atoms with Crippen LogP contribution >= 0.6 is 0 Å². The van der Waals surface area contributed by atoms with E-state index in [2.05, 4.69) is 0 Å². The second kappa shape index (κ2) is 3.26. The molecule has 1 aromatic carbocycles. The highest BCUT2D eigenvalue weighted by molar-refractivity contribution is 5.41. The molecule has 1 aliphatic carbocycles. The van der Waals surface area contributed by atoms with Crippen molar-refractivity contribution in [1.29, 1.82) is 0 Å². The maximum absolute atomic E-state index is 13.8. The Kier molecular flexibility index (Phi) is 2.28. The summed E-state index contributed by atoms with van der Waals surface area (Å²) in [7, 11) is 0. The van der Waals surface area contributed by atoms with Crippen LogP contribution in [0.2, 0.25) is 0 Å². The van der Waals surface area contributed by atoms with Gasteiger partial charge in [-0.1, -0.05) is 26.0 Å². The van der Waals surface area contributed by atoms with Gasteiger partial charge in [0, 0.05) is 12.0 Å². The van der Waals surface area contributed by atoms with Crippen molar-refractivity contribution in [3.05, 3.63) is 34.6 Å². The summed E-state index contributed by atoms with van der Waals surface area (Å²) in [6, 6.07) is 2.86. The molecule has 0 unspecified atom stereocenters. The molecule has 3 heteroatoms. The van der Waals surface area contributed by atoms with Gasteiger partial charge in [0.15, 0.2) is 0 Å². The first-order chi connectivity index (χ1) is 6.93. The van der Waals surface area contributed by atoms with Gasteiger partial charge in [0.2, 0.25) is 0 Å². The minimum absolute atomic E-state index is 0.0320. The summed E-state index contributed by atoms with van der Waals surface area (Å²) in [6.45, 7) is 3.72. The molecule has 2 rings (SSSR count). The summed E-state index contributed by atoms with van der Waals surface area (Å²) in [5, 5.41) is 0. The number of halogens is 3. The lowest BCUT2D eigenvalue weighted by Gasteiger charge is -2.13. The Hall–Kier alpha value is -0.990. The van der Waals surface area contributed by atoms with E-state index in [4.69, 9.17) is 0 Å². The van der Waals surface area contributed by atoms with Crippen LogP contribution in [0.1, 0.15) is 42.9 Å². The van der Waals surface area contributed by atoms with E-state index in [0.717, 1.165) is 0 Å². The molecule has 0 fully saturated rings. The van der Waals surface area contributed by atoms with Crippen molar-refractivity contribution in [3.8, 4) is 0 Å². The zero-order chi connectivity index (χ0) is 11.2. The lowest BCUT2D eigenvalue weighted by molar-refractivity contribution is -0.00187. The molecule has 0 amide bonds. The third-order valence-corrected chi connectivity index (χ3v) is 2.98. The Bertz CT molecular complexity index is 394. The van der Waals surface area contributed by atoms with Crippen molar-refractivity contribution in [3.63, 3.8) is 0 Å². The summed E-state index contributed by atoms with van der Waals surface area (Å²) >= 11 is 0. The molecule has 0 spiro atoms. The van der Waals surface area contributed by atoms with E-state index in [0.29, 0.717) is 5.56 Å². The quantitative estimate of drug-likeness (QED) is 0.663. The van der Waals surface area contributed by atoms with Gasteiger partial charge in [-0.25, -0.2) is 13.2 Å². The van der Waals surface area contributed by atoms with Crippen LogP contribution in [0.25, 0.3) is 0 Å². The molecule has 0 nitrogen and oxygen atoms in total. The number of hydrogen-bond acceptors (Lipinski definition) is 0. The van der Waals surface area contributed by atoms with E-state index in [1.807, 2.05) is 13.8 Å². The molecule has 0 saturated heterocycles. The summed E-state index contributed by atoms with van der Waals surface area (Å²) in [5.41, 5.74) is 0.627. The van der Waals surface area contributed by atoms with Gasteiger partial charge in [0.05, 0.1) is 0 Å². The Morgan fingerprint density at radius 1 is 1.27 bits per heavy atom. The maximum Gasteiger partial charge on any atom is 0.273 e. The SMILES string of the molecule is CC(C)c1ccc2c(c1F)CCC2(F)F. The van der Waals surface area contributed by atoms with Crippen LogP contribution in [0.5, 0.6) is 0 Å². The van der Waals surface area contributed by atoms with Gasteiger partial charge in [-0.05, 0) is 23.5 Å². The van der Waals surface area contributed by atoms with Crippen LogP contribution in [0.3, 0.4) is 0 Å². The molecular formula is C12H13F3. The van der Waals surface area contributed by atoms with Crippen molar-refractivity contribution >= 4 is 0 Å². The first kappa shape index (κ1) is 10.5. The molecule has 82 valence electrons. The fourth-order valence-electron chi connectivity index (χ4n) is 2.09. The maximum atomic E-state index is 13.8. The molecule has 1 aliphatic rings. The Morgan fingerprint density at radius 3 is 2.53 bits per heavy atom. The average Bonchev–Trinajstić information content (AvgIpc) is 2.43. The predicted octanol–water partition coefficient (Wildman–Crippen LogP) is 3.99. The van der Waals surface area contributed by atoms with E-state index in [9.17, 15) is 13.2 Å². The fraction of sp³-hybridized carbons (Fsp3) is 0.500. The van der Waals surface area contributed by atoms with Gasteiger partial charge in [0.1, 0.15) is 5.82 Å². The molecule has 0 aliphatic heterocycles. The monoisotopic (exact) mass is 214 g/mol. The van der Waals surface area contributed by atoms with Crippen molar-refractivity contribution in [1.82, 2.24) is 0 Å². The van der Waals surface area contributed by atoms with Gasteiger partial charge < -0.3 is 0 Å². The van der Waals surface area contributed by atoms with E-state index in [1.54, 1.807) is 0 Å². The van der Waals surface area contributed by atoms with Crippen LogP contribution in [-0.4, -0.2) is 0 Å². The minimum Gasteiger partial charge on any atom is -0.206 e. The van der Waals surface area contributed by atoms with E-state index in [-0.39, 0.29) is 29.9 Å². The predicted molar refractivity (Wildman–Crippen MR) is 52.7 cm³/mol. The highest BCUT2D eigenvalue weighted by atomic mass is 19.3. The lowest BCUT2D eigenvalue weighted by Crippen LogP contribution is -2.08. The van der Waals surface area contributed by atoms with E-state index in [1.165, 1.54) is 12.1 Å². The van der Waals surface area contributed by atoms with Crippen molar-refractivity contribution in [2.24, 2.45) is 0 Å². The molecule has 0 atom stereocenters. The van der Waals surface area contributed by atoms with Crippen molar-refractivity contribution in [2.75, 3.05) is 0 Å². The summed E-state index contributed by atoms with van der Waals surface area (Å²) < 4.78 is 40.4. The molecule has 0 bridgehead atoms. The zero-order valence-corrected chi connectivity index (χ0v) is 8.78. The lowest BCUT2D eigenvalue weighted by atomic mass is 9.97. The number of fused-ring (bicyclic) bond motifs is 1.